The maximum atomic E-state index is 5.55. The molecule has 1 atom stereocenters. The predicted octanol–water partition coefficient (Wildman–Crippen LogP) is 2.16. The molecule has 86 valence electrons. The largest absolute Gasteiger partial charge is 0.351 e. The van der Waals surface area contributed by atoms with E-state index >= 15 is 0 Å². The summed E-state index contributed by atoms with van der Waals surface area (Å²) in [6.45, 7) is 10.7. The molecule has 0 spiro atoms. The summed E-state index contributed by atoms with van der Waals surface area (Å²) in [5, 5.41) is 3.44. The molecule has 0 saturated heterocycles. The fourth-order valence-corrected chi connectivity index (χ4v) is 1.37. The van der Waals surface area contributed by atoms with E-state index in [-0.39, 0.29) is 6.29 Å². The lowest BCUT2D eigenvalue weighted by Gasteiger charge is -2.26. The van der Waals surface area contributed by atoms with Gasteiger partial charge in [0.25, 0.3) is 0 Å². The van der Waals surface area contributed by atoms with Crippen molar-refractivity contribution in [3.8, 4) is 0 Å². The van der Waals surface area contributed by atoms with Gasteiger partial charge in [-0.25, -0.2) is 0 Å². The van der Waals surface area contributed by atoms with E-state index in [0.717, 1.165) is 19.4 Å². The maximum Gasteiger partial charge on any atom is 0.172 e. The van der Waals surface area contributed by atoms with Crippen LogP contribution in [0, 0.1) is 0 Å². The Hall–Kier alpha value is -0.120. The van der Waals surface area contributed by atoms with E-state index < -0.39 is 0 Å². The molecule has 0 aliphatic rings. The molecule has 0 aliphatic heterocycles. The second kappa shape index (κ2) is 9.44. The van der Waals surface area contributed by atoms with E-state index in [1.165, 1.54) is 0 Å². The Bertz CT molecular complexity index is 114. The Balaban J connectivity index is 3.96. The zero-order chi connectivity index (χ0) is 10.8. The third-order valence-corrected chi connectivity index (χ3v) is 2.09. The van der Waals surface area contributed by atoms with E-state index in [4.69, 9.17) is 9.47 Å². The molecule has 0 rings (SSSR count). The minimum Gasteiger partial charge on any atom is -0.351 e. The smallest absolute Gasteiger partial charge is 0.172 e. The van der Waals surface area contributed by atoms with Crippen molar-refractivity contribution in [2.75, 3.05) is 19.8 Å². The molecule has 3 heteroatoms. The summed E-state index contributed by atoms with van der Waals surface area (Å²) in [5.41, 5.74) is 0. The van der Waals surface area contributed by atoms with Crippen molar-refractivity contribution in [1.29, 1.82) is 0 Å². The molecule has 0 amide bonds. The topological polar surface area (TPSA) is 30.5 Å². The second-order valence-corrected chi connectivity index (χ2v) is 3.25. The number of ether oxygens (including phenoxy) is 2. The molecule has 0 bridgehead atoms. The molecular weight excluding hydrogens is 178 g/mol. The molecule has 14 heavy (non-hydrogen) atoms. The summed E-state index contributed by atoms with van der Waals surface area (Å²) in [5.74, 6) is 0. The molecule has 3 nitrogen and oxygen atoms in total. The van der Waals surface area contributed by atoms with Gasteiger partial charge >= 0.3 is 0 Å². The molecular formula is C11H25NO2. The lowest BCUT2D eigenvalue weighted by Crippen LogP contribution is -2.43. The van der Waals surface area contributed by atoms with Gasteiger partial charge in [-0.3, -0.25) is 0 Å². The van der Waals surface area contributed by atoms with E-state index in [9.17, 15) is 0 Å². The number of hydrogen-bond donors (Lipinski definition) is 1. The van der Waals surface area contributed by atoms with Crippen molar-refractivity contribution in [1.82, 2.24) is 5.32 Å². The van der Waals surface area contributed by atoms with Crippen molar-refractivity contribution in [2.24, 2.45) is 0 Å². The fourth-order valence-electron chi connectivity index (χ4n) is 1.37. The Morgan fingerprint density at radius 2 is 1.57 bits per heavy atom. The number of nitrogens with one attached hydrogen (secondary N) is 1. The first-order valence-corrected chi connectivity index (χ1v) is 5.76. The van der Waals surface area contributed by atoms with Gasteiger partial charge in [-0.1, -0.05) is 13.8 Å². The summed E-state index contributed by atoms with van der Waals surface area (Å²) in [6.07, 6.45) is 2.08. The summed E-state index contributed by atoms with van der Waals surface area (Å²) in [6, 6.07) is 0.315. The molecule has 0 heterocycles. The molecule has 0 aliphatic carbocycles. The van der Waals surface area contributed by atoms with Crippen LogP contribution in [0.2, 0.25) is 0 Å². The van der Waals surface area contributed by atoms with Crippen LogP contribution in [-0.2, 0) is 9.47 Å². The van der Waals surface area contributed by atoms with E-state index in [1.54, 1.807) is 0 Å². The third-order valence-electron chi connectivity index (χ3n) is 2.09. The maximum absolute atomic E-state index is 5.55. The van der Waals surface area contributed by atoms with Crippen LogP contribution in [0.25, 0.3) is 0 Å². The highest BCUT2D eigenvalue weighted by molar-refractivity contribution is 4.68. The van der Waals surface area contributed by atoms with Crippen molar-refractivity contribution < 1.29 is 9.47 Å². The van der Waals surface area contributed by atoms with Gasteiger partial charge in [-0.05, 0) is 33.2 Å². The summed E-state index contributed by atoms with van der Waals surface area (Å²) in [7, 11) is 0. The van der Waals surface area contributed by atoms with E-state index in [2.05, 4.69) is 19.2 Å². The van der Waals surface area contributed by atoms with Crippen molar-refractivity contribution in [2.45, 2.75) is 52.9 Å². The van der Waals surface area contributed by atoms with Gasteiger partial charge in [0.1, 0.15) is 0 Å². The van der Waals surface area contributed by atoms with E-state index in [0.29, 0.717) is 19.3 Å². The molecule has 0 fully saturated rings. The van der Waals surface area contributed by atoms with Gasteiger partial charge in [-0.2, -0.15) is 0 Å². The fraction of sp³-hybridized carbons (Fsp3) is 1.00. The van der Waals surface area contributed by atoms with Gasteiger partial charge in [-0.15, -0.1) is 0 Å². The molecule has 0 aromatic heterocycles. The van der Waals surface area contributed by atoms with Crippen LogP contribution in [0.15, 0.2) is 0 Å². The summed E-state index contributed by atoms with van der Waals surface area (Å²) < 4.78 is 11.1. The van der Waals surface area contributed by atoms with Gasteiger partial charge in [0.05, 0.1) is 6.04 Å². The Morgan fingerprint density at radius 3 is 1.93 bits per heavy atom. The van der Waals surface area contributed by atoms with Crippen molar-refractivity contribution in [3.63, 3.8) is 0 Å². The van der Waals surface area contributed by atoms with Crippen LogP contribution >= 0.6 is 0 Å². The molecule has 0 aromatic rings. The first-order valence-electron chi connectivity index (χ1n) is 5.76. The highest BCUT2D eigenvalue weighted by atomic mass is 16.7. The third kappa shape index (κ3) is 5.58. The van der Waals surface area contributed by atoms with Crippen LogP contribution in [0.1, 0.15) is 40.5 Å². The van der Waals surface area contributed by atoms with Gasteiger partial charge in [0.2, 0.25) is 0 Å². The Morgan fingerprint density at radius 1 is 1.00 bits per heavy atom. The van der Waals surface area contributed by atoms with Gasteiger partial charge in [0, 0.05) is 13.2 Å². The SMILES string of the molecule is CCCNC(CC)C(OCC)OCC. The summed E-state index contributed by atoms with van der Waals surface area (Å²) >= 11 is 0. The van der Waals surface area contributed by atoms with Crippen LogP contribution in [-0.4, -0.2) is 32.1 Å². The standard InChI is InChI=1S/C11H25NO2/c1-5-9-12-10(6-2)11(13-7-3)14-8-4/h10-12H,5-9H2,1-4H3. The first kappa shape index (κ1) is 13.9. The molecule has 0 aromatic carbocycles. The average Bonchev–Trinajstić information content (AvgIpc) is 2.19. The minimum absolute atomic E-state index is 0.0958. The highest BCUT2D eigenvalue weighted by Gasteiger charge is 2.19. The molecule has 1 N–H and O–H groups in total. The number of rotatable bonds is 9. The van der Waals surface area contributed by atoms with Crippen LogP contribution in [0.5, 0.6) is 0 Å². The highest BCUT2D eigenvalue weighted by Crippen LogP contribution is 2.05. The van der Waals surface area contributed by atoms with Crippen LogP contribution in [0.4, 0.5) is 0 Å². The Kier molecular flexibility index (Phi) is 9.35. The van der Waals surface area contributed by atoms with Crippen molar-refractivity contribution in [3.05, 3.63) is 0 Å². The monoisotopic (exact) mass is 203 g/mol. The van der Waals surface area contributed by atoms with Crippen molar-refractivity contribution >= 4 is 0 Å². The van der Waals surface area contributed by atoms with Crippen LogP contribution in [0.3, 0.4) is 0 Å². The lowest BCUT2D eigenvalue weighted by atomic mass is 10.2. The first-order chi connectivity index (χ1) is 6.79. The minimum atomic E-state index is -0.0958. The molecule has 0 saturated carbocycles. The lowest BCUT2D eigenvalue weighted by molar-refractivity contribution is -0.154. The average molecular weight is 203 g/mol. The normalized spacial score (nSPS) is 13.5. The van der Waals surface area contributed by atoms with Gasteiger partial charge in [0.15, 0.2) is 6.29 Å². The quantitative estimate of drug-likeness (QED) is 0.583. The zero-order valence-corrected chi connectivity index (χ0v) is 10.0. The zero-order valence-electron chi connectivity index (χ0n) is 10.0. The Labute approximate surface area is 88.2 Å². The van der Waals surface area contributed by atoms with Crippen LogP contribution < -0.4 is 5.32 Å². The predicted molar refractivity (Wildman–Crippen MR) is 59.4 cm³/mol. The van der Waals surface area contributed by atoms with E-state index in [1.807, 2.05) is 13.8 Å². The molecule has 0 radical (unpaired) electrons. The second-order valence-electron chi connectivity index (χ2n) is 3.25. The molecule has 1 unspecified atom stereocenters. The summed E-state index contributed by atoms with van der Waals surface area (Å²) in [4.78, 5) is 0. The van der Waals surface area contributed by atoms with Gasteiger partial charge < -0.3 is 14.8 Å². The number of hydrogen-bond acceptors (Lipinski definition) is 3.